The number of nitrogens with zero attached hydrogens (tertiary/aromatic N) is 2. The molecule has 6 nitrogen and oxygen atoms in total. The molecule has 2 aliphatic heterocycles. The standard InChI is InChI=1S/C18H23N3O3/c22-16-9-11-20(18(24)19-16)13-17(23)21-10-5-4-8-15(21)12-14-6-2-1-3-7-14/h1-3,6-7,15H,4-5,8-13H2,(H,19,22,24)/t15-/m1/s1. The molecule has 4 amide bonds. The van der Waals surface area contributed by atoms with Gasteiger partial charge in [-0.25, -0.2) is 4.79 Å². The lowest BCUT2D eigenvalue weighted by atomic mass is 9.95. The molecule has 0 aromatic heterocycles. The molecule has 6 heteroatoms. The molecule has 0 radical (unpaired) electrons. The van der Waals surface area contributed by atoms with Crippen molar-refractivity contribution in [1.29, 1.82) is 0 Å². The highest BCUT2D eigenvalue weighted by Gasteiger charge is 2.30. The molecule has 2 saturated heterocycles. The number of hydrogen-bond acceptors (Lipinski definition) is 3. The van der Waals surface area contributed by atoms with Crippen LogP contribution in [0.4, 0.5) is 4.79 Å². The summed E-state index contributed by atoms with van der Waals surface area (Å²) in [7, 11) is 0. The fraction of sp³-hybridized carbons (Fsp3) is 0.500. The lowest BCUT2D eigenvalue weighted by Crippen LogP contribution is -2.55. The Kier molecular flexibility index (Phi) is 5.13. The Bertz CT molecular complexity index is 617. The Labute approximate surface area is 141 Å². The number of likely N-dealkylation sites (tertiary alicyclic amines) is 1. The summed E-state index contributed by atoms with van der Waals surface area (Å²) in [5.74, 6) is -0.302. The molecule has 24 heavy (non-hydrogen) atoms. The minimum Gasteiger partial charge on any atom is -0.338 e. The van der Waals surface area contributed by atoms with E-state index >= 15 is 0 Å². The number of hydrogen-bond donors (Lipinski definition) is 1. The van der Waals surface area contributed by atoms with Gasteiger partial charge in [0.2, 0.25) is 11.8 Å². The summed E-state index contributed by atoms with van der Waals surface area (Å²) in [6.45, 7) is 1.10. The maximum Gasteiger partial charge on any atom is 0.324 e. The third-order valence-electron chi connectivity index (χ3n) is 4.73. The van der Waals surface area contributed by atoms with Gasteiger partial charge in [0.25, 0.3) is 0 Å². The fourth-order valence-electron chi connectivity index (χ4n) is 3.43. The Morgan fingerprint density at radius 3 is 2.67 bits per heavy atom. The number of benzene rings is 1. The van der Waals surface area contributed by atoms with E-state index in [1.807, 2.05) is 23.1 Å². The van der Waals surface area contributed by atoms with E-state index in [-0.39, 0.29) is 30.8 Å². The van der Waals surface area contributed by atoms with Gasteiger partial charge in [-0.05, 0) is 31.2 Å². The van der Waals surface area contributed by atoms with Gasteiger partial charge in [0.15, 0.2) is 0 Å². The van der Waals surface area contributed by atoms with Gasteiger partial charge in [0, 0.05) is 25.6 Å². The molecule has 0 bridgehead atoms. The van der Waals surface area contributed by atoms with Gasteiger partial charge < -0.3 is 9.80 Å². The molecule has 0 saturated carbocycles. The van der Waals surface area contributed by atoms with Crippen molar-refractivity contribution in [1.82, 2.24) is 15.1 Å². The minimum atomic E-state index is -0.462. The van der Waals surface area contributed by atoms with Crippen molar-refractivity contribution in [2.45, 2.75) is 38.1 Å². The van der Waals surface area contributed by atoms with E-state index in [4.69, 9.17) is 0 Å². The van der Waals surface area contributed by atoms with Crippen molar-refractivity contribution in [2.24, 2.45) is 0 Å². The van der Waals surface area contributed by atoms with Gasteiger partial charge in [-0.1, -0.05) is 30.3 Å². The van der Waals surface area contributed by atoms with Crippen LogP contribution >= 0.6 is 0 Å². The molecule has 2 heterocycles. The SMILES string of the molecule is O=C1CCN(CC(=O)N2CCCC[C@@H]2Cc2ccccc2)C(=O)N1. The first-order chi connectivity index (χ1) is 11.6. The van der Waals surface area contributed by atoms with Crippen LogP contribution in [0.5, 0.6) is 0 Å². The van der Waals surface area contributed by atoms with Crippen molar-refractivity contribution in [3.05, 3.63) is 35.9 Å². The molecular formula is C18H23N3O3. The lowest BCUT2D eigenvalue weighted by Gasteiger charge is -2.37. The topological polar surface area (TPSA) is 69.7 Å². The first-order valence-electron chi connectivity index (χ1n) is 8.55. The zero-order valence-electron chi connectivity index (χ0n) is 13.7. The molecular weight excluding hydrogens is 306 g/mol. The summed E-state index contributed by atoms with van der Waals surface area (Å²) in [5, 5.41) is 2.27. The van der Waals surface area contributed by atoms with E-state index in [1.54, 1.807) is 0 Å². The molecule has 2 fully saturated rings. The van der Waals surface area contributed by atoms with Crippen LogP contribution in [0.15, 0.2) is 30.3 Å². The zero-order valence-corrected chi connectivity index (χ0v) is 13.7. The first kappa shape index (κ1) is 16.5. The monoisotopic (exact) mass is 329 g/mol. The van der Waals surface area contributed by atoms with Crippen LogP contribution in [0.2, 0.25) is 0 Å². The van der Waals surface area contributed by atoms with E-state index in [0.29, 0.717) is 6.54 Å². The van der Waals surface area contributed by atoms with Crippen LogP contribution in [0.1, 0.15) is 31.2 Å². The molecule has 0 aliphatic carbocycles. The van der Waals surface area contributed by atoms with Crippen LogP contribution in [0.25, 0.3) is 0 Å². The van der Waals surface area contributed by atoms with E-state index < -0.39 is 6.03 Å². The molecule has 2 aliphatic rings. The smallest absolute Gasteiger partial charge is 0.324 e. The number of imide groups is 1. The van der Waals surface area contributed by atoms with Crippen LogP contribution in [0.3, 0.4) is 0 Å². The van der Waals surface area contributed by atoms with Crippen molar-refractivity contribution in [2.75, 3.05) is 19.6 Å². The summed E-state index contributed by atoms with van der Waals surface area (Å²) in [6.07, 6.45) is 4.22. The molecule has 1 aromatic carbocycles. The Balaban J connectivity index is 1.63. The summed E-state index contributed by atoms with van der Waals surface area (Å²) >= 11 is 0. The van der Waals surface area contributed by atoms with Gasteiger partial charge in [0.1, 0.15) is 6.54 Å². The van der Waals surface area contributed by atoms with Crippen molar-refractivity contribution < 1.29 is 14.4 Å². The number of urea groups is 1. The van der Waals surface area contributed by atoms with Crippen LogP contribution in [0, 0.1) is 0 Å². The van der Waals surface area contributed by atoms with E-state index in [2.05, 4.69) is 17.4 Å². The third-order valence-corrected chi connectivity index (χ3v) is 4.73. The average molecular weight is 329 g/mol. The maximum atomic E-state index is 12.7. The number of amides is 4. The Morgan fingerprint density at radius 2 is 1.92 bits per heavy atom. The summed E-state index contributed by atoms with van der Waals surface area (Å²) in [4.78, 5) is 39.1. The molecule has 3 rings (SSSR count). The molecule has 0 spiro atoms. The first-order valence-corrected chi connectivity index (χ1v) is 8.55. The van der Waals surface area contributed by atoms with Gasteiger partial charge in [-0.2, -0.15) is 0 Å². The predicted octanol–water partition coefficient (Wildman–Crippen LogP) is 1.55. The third kappa shape index (κ3) is 3.93. The quantitative estimate of drug-likeness (QED) is 0.911. The molecule has 1 N–H and O–H groups in total. The average Bonchev–Trinajstić information content (AvgIpc) is 2.59. The lowest BCUT2D eigenvalue weighted by molar-refractivity contribution is -0.136. The second kappa shape index (κ2) is 7.47. The summed E-state index contributed by atoms with van der Waals surface area (Å²) < 4.78 is 0. The van der Waals surface area contributed by atoms with Gasteiger partial charge >= 0.3 is 6.03 Å². The molecule has 1 aromatic rings. The maximum absolute atomic E-state index is 12.7. The van der Waals surface area contributed by atoms with Crippen LogP contribution in [-0.2, 0) is 16.0 Å². The minimum absolute atomic E-state index is 0.0277. The normalized spacial score (nSPS) is 21.6. The fourth-order valence-corrected chi connectivity index (χ4v) is 3.43. The zero-order chi connectivity index (χ0) is 16.9. The van der Waals surface area contributed by atoms with Crippen LogP contribution in [-0.4, -0.2) is 53.3 Å². The van der Waals surface area contributed by atoms with E-state index in [0.717, 1.165) is 32.2 Å². The Hall–Kier alpha value is -2.37. The summed E-state index contributed by atoms with van der Waals surface area (Å²) in [5.41, 5.74) is 1.23. The highest BCUT2D eigenvalue weighted by molar-refractivity contribution is 5.98. The van der Waals surface area contributed by atoms with Crippen molar-refractivity contribution in [3.63, 3.8) is 0 Å². The van der Waals surface area contributed by atoms with Crippen molar-refractivity contribution >= 4 is 17.8 Å². The van der Waals surface area contributed by atoms with Gasteiger partial charge in [-0.15, -0.1) is 0 Å². The highest BCUT2D eigenvalue weighted by Crippen LogP contribution is 2.21. The van der Waals surface area contributed by atoms with E-state index in [9.17, 15) is 14.4 Å². The van der Waals surface area contributed by atoms with Gasteiger partial charge in [0.05, 0.1) is 0 Å². The molecule has 0 unspecified atom stereocenters. The second-order valence-corrected chi connectivity index (χ2v) is 6.45. The number of carbonyl (C=O) groups excluding carboxylic acids is 3. The molecule has 128 valence electrons. The van der Waals surface area contributed by atoms with Crippen LogP contribution < -0.4 is 5.32 Å². The Morgan fingerprint density at radius 1 is 1.12 bits per heavy atom. The number of rotatable bonds is 4. The van der Waals surface area contributed by atoms with E-state index in [1.165, 1.54) is 10.5 Å². The number of piperidine rings is 1. The number of carbonyl (C=O) groups is 3. The predicted molar refractivity (Wildman–Crippen MR) is 89.2 cm³/mol. The second-order valence-electron chi connectivity index (χ2n) is 6.45. The van der Waals surface area contributed by atoms with Crippen molar-refractivity contribution in [3.8, 4) is 0 Å². The molecule has 1 atom stereocenters. The highest BCUT2D eigenvalue weighted by atomic mass is 16.2. The van der Waals surface area contributed by atoms with Gasteiger partial charge in [-0.3, -0.25) is 14.9 Å². The summed E-state index contributed by atoms with van der Waals surface area (Å²) in [6, 6.07) is 9.91. The number of nitrogens with one attached hydrogen (secondary N) is 1. The largest absolute Gasteiger partial charge is 0.338 e.